The molecule has 0 aromatic heterocycles. The van der Waals surface area contributed by atoms with Gasteiger partial charge in [0.2, 0.25) is 0 Å². The van der Waals surface area contributed by atoms with Crippen LogP contribution in [0.25, 0.3) is 0 Å². The maximum Gasteiger partial charge on any atom is 0.358 e. The maximum atomic E-state index is 14.1. The Hall–Kier alpha value is 0.110. The van der Waals surface area contributed by atoms with Crippen molar-refractivity contribution in [2.75, 3.05) is 0 Å². The summed E-state index contributed by atoms with van der Waals surface area (Å²) >= 11 is 0. The van der Waals surface area contributed by atoms with Crippen LogP contribution in [0.4, 0.5) is 17.6 Å². The van der Waals surface area contributed by atoms with E-state index in [1.807, 2.05) is 0 Å². The van der Waals surface area contributed by atoms with Crippen molar-refractivity contribution in [1.82, 2.24) is 0 Å². The standard InChI is InChI=1S/C14H23F4OP/c1-8-2-4-9(5-3-8)14(17,18)19-10-6-11(15)13(16)12(20)7-10/h8-13H,2-7,20H2,1H3. The average Bonchev–Trinajstić information content (AvgIpc) is 2.36. The van der Waals surface area contributed by atoms with Gasteiger partial charge in [-0.15, -0.1) is 9.24 Å². The van der Waals surface area contributed by atoms with Crippen LogP contribution in [0.1, 0.15) is 45.4 Å². The molecule has 118 valence electrons. The molecule has 6 heteroatoms. The average molecular weight is 314 g/mol. The third-order valence-corrected chi connectivity index (χ3v) is 5.23. The Morgan fingerprint density at radius 1 is 1.05 bits per heavy atom. The van der Waals surface area contributed by atoms with Crippen molar-refractivity contribution in [2.24, 2.45) is 11.8 Å². The fraction of sp³-hybridized carbons (Fsp3) is 1.00. The van der Waals surface area contributed by atoms with Crippen LogP contribution in [0.3, 0.4) is 0 Å². The normalized spacial score (nSPS) is 43.5. The van der Waals surface area contributed by atoms with Crippen molar-refractivity contribution in [1.29, 1.82) is 0 Å². The van der Waals surface area contributed by atoms with E-state index in [0.29, 0.717) is 18.8 Å². The molecule has 0 N–H and O–H groups in total. The van der Waals surface area contributed by atoms with Crippen molar-refractivity contribution in [3.63, 3.8) is 0 Å². The second kappa shape index (κ2) is 6.48. The molecule has 0 heterocycles. The molecule has 1 nitrogen and oxygen atoms in total. The Morgan fingerprint density at radius 3 is 2.20 bits per heavy atom. The molecule has 0 bridgehead atoms. The summed E-state index contributed by atoms with van der Waals surface area (Å²) in [5.41, 5.74) is -0.647. The third-order valence-electron chi connectivity index (χ3n) is 4.59. The molecule has 0 spiro atoms. The minimum atomic E-state index is -3.22. The lowest BCUT2D eigenvalue weighted by molar-refractivity contribution is -0.303. The predicted octanol–water partition coefficient (Wildman–Crippen LogP) is 4.50. The molecule has 2 fully saturated rings. The molecule has 20 heavy (non-hydrogen) atoms. The Kier molecular flexibility index (Phi) is 5.34. The SMILES string of the molecule is CC1CCC(C(F)(F)OC2CC(F)C(F)C(P)C2)CC1. The van der Waals surface area contributed by atoms with Crippen LogP contribution in [-0.2, 0) is 4.74 Å². The second-order valence-electron chi connectivity index (χ2n) is 6.35. The molecule has 0 saturated heterocycles. The van der Waals surface area contributed by atoms with Crippen LogP contribution < -0.4 is 0 Å². The Morgan fingerprint density at radius 2 is 1.65 bits per heavy atom. The van der Waals surface area contributed by atoms with Crippen molar-refractivity contribution >= 4 is 9.24 Å². The molecule has 5 unspecified atom stereocenters. The fourth-order valence-electron chi connectivity index (χ4n) is 3.19. The van der Waals surface area contributed by atoms with E-state index in [0.717, 1.165) is 12.8 Å². The summed E-state index contributed by atoms with van der Waals surface area (Å²) in [6.07, 6.45) is -5.13. The Balaban J connectivity index is 1.91. The van der Waals surface area contributed by atoms with Gasteiger partial charge < -0.3 is 4.74 Å². The lowest BCUT2D eigenvalue weighted by atomic mass is 9.82. The largest absolute Gasteiger partial charge is 0.358 e. The number of rotatable bonds is 3. The van der Waals surface area contributed by atoms with Gasteiger partial charge in [0.1, 0.15) is 12.3 Å². The smallest absolute Gasteiger partial charge is 0.317 e. The molecule has 2 rings (SSSR count). The van der Waals surface area contributed by atoms with Gasteiger partial charge in [0.25, 0.3) is 0 Å². The van der Waals surface area contributed by atoms with E-state index in [-0.39, 0.29) is 12.8 Å². The first-order valence-electron chi connectivity index (χ1n) is 7.39. The minimum absolute atomic E-state index is 0.130. The van der Waals surface area contributed by atoms with Gasteiger partial charge in [-0.3, -0.25) is 0 Å². The zero-order valence-electron chi connectivity index (χ0n) is 11.7. The molecule has 2 saturated carbocycles. The van der Waals surface area contributed by atoms with E-state index >= 15 is 0 Å². The highest BCUT2D eigenvalue weighted by atomic mass is 31.0. The summed E-state index contributed by atoms with van der Waals surface area (Å²) in [5, 5.41) is 0. The Labute approximate surface area is 120 Å². The molecular formula is C14H23F4OP. The van der Waals surface area contributed by atoms with Crippen LogP contribution in [0, 0.1) is 11.8 Å². The van der Waals surface area contributed by atoms with E-state index in [4.69, 9.17) is 4.74 Å². The number of alkyl halides is 4. The lowest BCUT2D eigenvalue weighted by Gasteiger charge is -2.37. The van der Waals surface area contributed by atoms with Gasteiger partial charge in [-0.05, 0) is 25.2 Å². The zero-order chi connectivity index (χ0) is 14.9. The van der Waals surface area contributed by atoms with Gasteiger partial charge in [0.15, 0.2) is 0 Å². The molecule has 0 radical (unpaired) electrons. The van der Waals surface area contributed by atoms with Gasteiger partial charge in [0.05, 0.1) is 12.0 Å². The summed E-state index contributed by atoms with van der Waals surface area (Å²) in [4.78, 5) is 0. The molecule has 5 atom stereocenters. The highest BCUT2D eigenvalue weighted by Crippen LogP contribution is 2.42. The van der Waals surface area contributed by atoms with E-state index in [1.165, 1.54) is 0 Å². The summed E-state index contributed by atoms with van der Waals surface area (Å²) in [6, 6.07) is 0. The minimum Gasteiger partial charge on any atom is -0.317 e. The summed E-state index contributed by atoms with van der Waals surface area (Å²) in [7, 11) is 2.20. The van der Waals surface area contributed by atoms with Gasteiger partial charge in [-0.2, -0.15) is 8.78 Å². The first-order chi connectivity index (χ1) is 9.29. The Bertz CT molecular complexity index is 308. The van der Waals surface area contributed by atoms with Crippen LogP contribution >= 0.6 is 9.24 Å². The summed E-state index contributed by atoms with van der Waals surface area (Å²) in [6.45, 7) is 2.06. The van der Waals surface area contributed by atoms with Crippen molar-refractivity contribution in [3.8, 4) is 0 Å². The number of hydrogen-bond acceptors (Lipinski definition) is 1. The number of hydrogen-bond donors (Lipinski definition) is 0. The van der Waals surface area contributed by atoms with E-state index in [1.54, 1.807) is 0 Å². The topological polar surface area (TPSA) is 9.23 Å². The molecule has 2 aliphatic carbocycles. The van der Waals surface area contributed by atoms with Crippen LogP contribution in [0.2, 0.25) is 0 Å². The second-order valence-corrected chi connectivity index (χ2v) is 7.21. The fourth-order valence-corrected chi connectivity index (χ4v) is 3.73. The zero-order valence-corrected chi connectivity index (χ0v) is 12.9. The van der Waals surface area contributed by atoms with Crippen LogP contribution in [-0.4, -0.2) is 30.2 Å². The van der Waals surface area contributed by atoms with Crippen molar-refractivity contribution in [3.05, 3.63) is 0 Å². The molecular weight excluding hydrogens is 291 g/mol. The van der Waals surface area contributed by atoms with Crippen LogP contribution in [0.15, 0.2) is 0 Å². The van der Waals surface area contributed by atoms with Crippen molar-refractivity contribution in [2.45, 2.75) is 75.7 Å². The maximum absolute atomic E-state index is 14.1. The molecule has 0 aliphatic heterocycles. The highest BCUT2D eigenvalue weighted by Gasteiger charge is 2.46. The van der Waals surface area contributed by atoms with E-state index < -0.39 is 36.1 Å². The monoisotopic (exact) mass is 314 g/mol. The van der Waals surface area contributed by atoms with Gasteiger partial charge in [0, 0.05) is 12.1 Å². The van der Waals surface area contributed by atoms with Crippen molar-refractivity contribution < 1.29 is 22.3 Å². The van der Waals surface area contributed by atoms with Gasteiger partial charge in [-0.1, -0.05) is 19.8 Å². The van der Waals surface area contributed by atoms with E-state index in [9.17, 15) is 17.6 Å². The number of halogens is 4. The first kappa shape index (κ1) is 16.5. The van der Waals surface area contributed by atoms with Gasteiger partial charge >= 0.3 is 6.11 Å². The highest BCUT2D eigenvalue weighted by molar-refractivity contribution is 7.17. The first-order valence-corrected chi connectivity index (χ1v) is 8.05. The van der Waals surface area contributed by atoms with Crippen LogP contribution in [0.5, 0.6) is 0 Å². The van der Waals surface area contributed by atoms with E-state index in [2.05, 4.69) is 16.2 Å². The number of ether oxygens (including phenoxy) is 1. The molecule has 0 aromatic rings. The van der Waals surface area contributed by atoms with Gasteiger partial charge in [-0.25, -0.2) is 8.78 Å². The quantitative estimate of drug-likeness (QED) is 0.550. The molecule has 2 aliphatic rings. The summed E-state index contributed by atoms with van der Waals surface area (Å²) in [5.74, 6) is -0.307. The molecule has 0 aromatic carbocycles. The molecule has 0 amide bonds. The third kappa shape index (κ3) is 3.85. The summed E-state index contributed by atoms with van der Waals surface area (Å²) < 4.78 is 59.9. The lowest BCUT2D eigenvalue weighted by Crippen LogP contribution is -2.44. The predicted molar refractivity (Wildman–Crippen MR) is 73.5 cm³/mol.